The van der Waals surface area contributed by atoms with E-state index in [4.69, 9.17) is 5.73 Å². The highest BCUT2D eigenvalue weighted by molar-refractivity contribution is 5.93. The summed E-state index contributed by atoms with van der Waals surface area (Å²) in [7, 11) is 0. The van der Waals surface area contributed by atoms with Crippen LogP contribution in [0.1, 0.15) is 19.3 Å². The Morgan fingerprint density at radius 2 is 2.50 bits per heavy atom. The van der Waals surface area contributed by atoms with Crippen molar-refractivity contribution in [1.29, 1.82) is 0 Å². The molecule has 0 spiro atoms. The Balaban J connectivity index is 2.80. The molecular formula is C8H12N2O2. The van der Waals surface area contributed by atoms with Gasteiger partial charge in [-0.15, -0.1) is 6.58 Å². The normalized spacial score (nSPS) is 28.2. The van der Waals surface area contributed by atoms with Crippen molar-refractivity contribution in [3.63, 3.8) is 0 Å². The van der Waals surface area contributed by atoms with Crippen LogP contribution in [-0.4, -0.2) is 17.4 Å². The molecule has 1 aliphatic heterocycles. The molecule has 0 aromatic rings. The Bertz CT molecular complexity index is 237. The second-order valence-electron chi connectivity index (χ2n) is 2.99. The zero-order valence-electron chi connectivity index (χ0n) is 6.80. The molecule has 66 valence electrons. The topological polar surface area (TPSA) is 72.2 Å². The first kappa shape index (κ1) is 8.77. The van der Waals surface area contributed by atoms with Crippen LogP contribution in [0.25, 0.3) is 0 Å². The molecule has 0 aliphatic carbocycles. The highest BCUT2D eigenvalue weighted by atomic mass is 16.2. The van der Waals surface area contributed by atoms with Gasteiger partial charge in [0.25, 0.3) is 0 Å². The lowest BCUT2D eigenvalue weighted by atomic mass is 9.93. The second-order valence-corrected chi connectivity index (χ2v) is 2.99. The molecule has 4 nitrogen and oxygen atoms in total. The van der Waals surface area contributed by atoms with Gasteiger partial charge in [0.05, 0.1) is 0 Å². The van der Waals surface area contributed by atoms with Crippen LogP contribution in [0.3, 0.4) is 0 Å². The number of carbonyl (C=O) groups excluding carboxylic acids is 2. The minimum Gasteiger partial charge on any atom is -0.368 e. The van der Waals surface area contributed by atoms with E-state index in [1.54, 1.807) is 6.08 Å². The van der Waals surface area contributed by atoms with Gasteiger partial charge in [-0.1, -0.05) is 6.08 Å². The molecule has 0 aromatic carbocycles. The van der Waals surface area contributed by atoms with Crippen molar-refractivity contribution in [2.45, 2.75) is 24.8 Å². The second kappa shape index (κ2) is 2.97. The fraction of sp³-hybridized carbons (Fsp3) is 0.500. The maximum absolute atomic E-state index is 11.0. The molecule has 4 heteroatoms. The van der Waals surface area contributed by atoms with Crippen LogP contribution in [0.5, 0.6) is 0 Å². The zero-order chi connectivity index (χ0) is 9.19. The molecule has 1 fully saturated rings. The van der Waals surface area contributed by atoms with Crippen molar-refractivity contribution in [3.8, 4) is 0 Å². The first-order valence-corrected chi connectivity index (χ1v) is 3.82. The van der Waals surface area contributed by atoms with E-state index in [-0.39, 0.29) is 5.91 Å². The van der Waals surface area contributed by atoms with Crippen LogP contribution in [0.2, 0.25) is 0 Å². The minimum atomic E-state index is -0.862. The zero-order valence-corrected chi connectivity index (χ0v) is 6.80. The number of carbonyl (C=O) groups is 2. The van der Waals surface area contributed by atoms with Gasteiger partial charge in [0.15, 0.2) is 0 Å². The van der Waals surface area contributed by atoms with Gasteiger partial charge in [-0.2, -0.15) is 0 Å². The molecule has 1 rings (SSSR count). The summed E-state index contributed by atoms with van der Waals surface area (Å²) in [6, 6.07) is 0. The Morgan fingerprint density at radius 1 is 1.83 bits per heavy atom. The standard InChI is InChI=1S/C8H12N2O2/c1-2-4-8(7(9)12)5-3-6(11)10-8/h2H,1,3-5H2,(H2,9,12)(H,10,11)/t8-/m0/s1. The van der Waals surface area contributed by atoms with E-state index in [1.807, 2.05) is 0 Å². The van der Waals surface area contributed by atoms with Crippen LogP contribution >= 0.6 is 0 Å². The fourth-order valence-corrected chi connectivity index (χ4v) is 1.40. The summed E-state index contributed by atoms with van der Waals surface area (Å²) in [6.45, 7) is 3.52. The Labute approximate surface area is 70.8 Å². The molecule has 2 amide bonds. The smallest absolute Gasteiger partial charge is 0.243 e. The summed E-state index contributed by atoms with van der Waals surface area (Å²) in [5.74, 6) is -0.594. The molecule has 1 heterocycles. The van der Waals surface area contributed by atoms with Crippen molar-refractivity contribution in [2.24, 2.45) is 5.73 Å². The Hall–Kier alpha value is -1.32. The molecule has 1 saturated heterocycles. The van der Waals surface area contributed by atoms with Gasteiger partial charge in [-0.05, 0) is 12.8 Å². The summed E-state index contributed by atoms with van der Waals surface area (Å²) >= 11 is 0. The first-order chi connectivity index (χ1) is 5.60. The third-order valence-electron chi connectivity index (χ3n) is 2.12. The van der Waals surface area contributed by atoms with Crippen molar-refractivity contribution in [3.05, 3.63) is 12.7 Å². The predicted molar refractivity (Wildman–Crippen MR) is 44.1 cm³/mol. The van der Waals surface area contributed by atoms with Gasteiger partial charge in [0, 0.05) is 6.42 Å². The quantitative estimate of drug-likeness (QED) is 0.568. The monoisotopic (exact) mass is 168 g/mol. The van der Waals surface area contributed by atoms with Gasteiger partial charge in [0.1, 0.15) is 5.54 Å². The summed E-state index contributed by atoms with van der Waals surface area (Å²) in [4.78, 5) is 21.9. The lowest BCUT2D eigenvalue weighted by molar-refractivity contribution is -0.127. The molecule has 12 heavy (non-hydrogen) atoms. The van der Waals surface area contributed by atoms with E-state index in [1.165, 1.54) is 0 Å². The largest absolute Gasteiger partial charge is 0.368 e. The van der Waals surface area contributed by atoms with Gasteiger partial charge in [0.2, 0.25) is 11.8 Å². The van der Waals surface area contributed by atoms with Gasteiger partial charge in [-0.3, -0.25) is 9.59 Å². The van der Waals surface area contributed by atoms with E-state index in [9.17, 15) is 9.59 Å². The lowest BCUT2D eigenvalue weighted by Gasteiger charge is -2.23. The number of amides is 2. The molecule has 3 N–H and O–H groups in total. The molecule has 0 saturated carbocycles. The fourth-order valence-electron chi connectivity index (χ4n) is 1.40. The number of primary amides is 1. The third kappa shape index (κ3) is 1.32. The number of nitrogens with one attached hydrogen (secondary N) is 1. The van der Waals surface area contributed by atoms with Crippen LogP contribution < -0.4 is 11.1 Å². The van der Waals surface area contributed by atoms with Crippen LogP contribution in [0.4, 0.5) is 0 Å². The average Bonchev–Trinajstić information content (AvgIpc) is 2.34. The maximum Gasteiger partial charge on any atom is 0.243 e. The molecule has 0 unspecified atom stereocenters. The van der Waals surface area contributed by atoms with Gasteiger partial charge < -0.3 is 11.1 Å². The van der Waals surface area contributed by atoms with E-state index in [0.717, 1.165) is 0 Å². The first-order valence-electron chi connectivity index (χ1n) is 3.82. The van der Waals surface area contributed by atoms with Crippen molar-refractivity contribution >= 4 is 11.8 Å². The van der Waals surface area contributed by atoms with Crippen LogP contribution in [0, 0.1) is 0 Å². The molecule has 0 bridgehead atoms. The lowest BCUT2D eigenvalue weighted by Crippen LogP contribution is -2.52. The van der Waals surface area contributed by atoms with Crippen molar-refractivity contribution in [1.82, 2.24) is 5.32 Å². The number of hydrogen-bond acceptors (Lipinski definition) is 2. The summed E-state index contributed by atoms with van der Waals surface area (Å²) in [5, 5.41) is 2.58. The van der Waals surface area contributed by atoms with E-state index in [0.29, 0.717) is 19.3 Å². The number of hydrogen-bond donors (Lipinski definition) is 2. The summed E-state index contributed by atoms with van der Waals surface area (Å²) in [6.07, 6.45) is 2.86. The minimum absolute atomic E-state index is 0.115. The molecule has 1 aliphatic rings. The maximum atomic E-state index is 11.0. The van der Waals surface area contributed by atoms with Crippen molar-refractivity contribution in [2.75, 3.05) is 0 Å². The van der Waals surface area contributed by atoms with Crippen LogP contribution in [0.15, 0.2) is 12.7 Å². The van der Waals surface area contributed by atoms with E-state index >= 15 is 0 Å². The van der Waals surface area contributed by atoms with Gasteiger partial charge in [-0.25, -0.2) is 0 Å². The highest BCUT2D eigenvalue weighted by Crippen LogP contribution is 2.23. The number of rotatable bonds is 3. The summed E-state index contributed by atoms with van der Waals surface area (Å²) < 4.78 is 0. The Morgan fingerprint density at radius 3 is 2.83 bits per heavy atom. The SMILES string of the molecule is C=CC[C@@]1(C(N)=O)CCC(=O)N1. The Kier molecular flexibility index (Phi) is 2.17. The predicted octanol–water partition coefficient (Wildman–Crippen LogP) is -0.303. The van der Waals surface area contributed by atoms with E-state index < -0.39 is 11.4 Å². The molecule has 0 aromatic heterocycles. The summed E-state index contributed by atoms with van der Waals surface area (Å²) in [5.41, 5.74) is 4.32. The van der Waals surface area contributed by atoms with Crippen LogP contribution in [-0.2, 0) is 9.59 Å². The molecular weight excluding hydrogens is 156 g/mol. The molecule has 0 radical (unpaired) electrons. The average molecular weight is 168 g/mol. The van der Waals surface area contributed by atoms with Crippen molar-refractivity contribution < 1.29 is 9.59 Å². The van der Waals surface area contributed by atoms with E-state index in [2.05, 4.69) is 11.9 Å². The molecule has 1 atom stereocenters. The number of nitrogens with two attached hydrogens (primary N) is 1. The third-order valence-corrected chi connectivity index (χ3v) is 2.12. The highest BCUT2D eigenvalue weighted by Gasteiger charge is 2.41. The van der Waals surface area contributed by atoms with Gasteiger partial charge >= 0.3 is 0 Å².